The van der Waals surface area contributed by atoms with E-state index in [0.29, 0.717) is 12.1 Å². The zero-order valence-corrected chi connectivity index (χ0v) is 14.6. The smallest absolute Gasteiger partial charge is 0.335 e. The largest absolute Gasteiger partial charge is 0.478 e. The minimum atomic E-state index is -0.899. The lowest BCUT2D eigenvalue weighted by atomic mass is 10.1. The summed E-state index contributed by atoms with van der Waals surface area (Å²) in [5.74, 6) is -0.699. The molecule has 1 aromatic rings. The number of benzene rings is 1. The van der Waals surface area contributed by atoms with Crippen molar-refractivity contribution in [3.05, 3.63) is 35.4 Å². The van der Waals surface area contributed by atoms with Gasteiger partial charge in [0.15, 0.2) is 0 Å². The van der Waals surface area contributed by atoms with Gasteiger partial charge in [-0.3, -0.25) is 14.6 Å². The molecule has 0 unspecified atom stereocenters. The molecule has 0 aromatic heterocycles. The highest BCUT2D eigenvalue weighted by atomic mass is 16.4. The van der Waals surface area contributed by atoms with Gasteiger partial charge >= 0.3 is 5.97 Å². The standard InChI is InChI=1S/C18H27N3O3/c1-3-19(4-2)14-17(22)21-10-8-20(9-11-21)13-15-6-5-7-16(12-15)18(23)24/h5-7,12H,3-4,8-11,13-14H2,1-2H3,(H,23,24). The fourth-order valence-electron chi connectivity index (χ4n) is 2.95. The first-order valence-corrected chi connectivity index (χ1v) is 8.58. The normalized spacial score (nSPS) is 15.7. The Hall–Kier alpha value is -1.92. The van der Waals surface area contributed by atoms with Crippen LogP contribution in [0, 0.1) is 0 Å². The predicted molar refractivity (Wildman–Crippen MR) is 93.0 cm³/mol. The molecule has 1 aromatic carbocycles. The number of hydrogen-bond donors (Lipinski definition) is 1. The van der Waals surface area contributed by atoms with Crippen molar-refractivity contribution in [2.24, 2.45) is 0 Å². The number of hydrogen-bond acceptors (Lipinski definition) is 4. The van der Waals surface area contributed by atoms with Crippen molar-refractivity contribution in [2.45, 2.75) is 20.4 Å². The summed E-state index contributed by atoms with van der Waals surface area (Å²) in [4.78, 5) is 29.7. The first kappa shape index (κ1) is 18.4. The number of piperazine rings is 1. The van der Waals surface area contributed by atoms with Crippen LogP contribution in [-0.4, -0.2) is 77.5 Å². The average Bonchev–Trinajstić information content (AvgIpc) is 2.60. The van der Waals surface area contributed by atoms with Crippen molar-refractivity contribution in [1.82, 2.24) is 14.7 Å². The summed E-state index contributed by atoms with van der Waals surface area (Å²) in [6.07, 6.45) is 0. The molecule has 1 aliphatic rings. The molecule has 1 amide bonds. The number of likely N-dealkylation sites (N-methyl/N-ethyl adjacent to an activating group) is 1. The molecule has 6 nitrogen and oxygen atoms in total. The first-order valence-electron chi connectivity index (χ1n) is 8.58. The second-order valence-corrected chi connectivity index (χ2v) is 6.12. The molecule has 0 bridgehead atoms. The molecule has 1 fully saturated rings. The Kier molecular flexibility index (Phi) is 6.75. The van der Waals surface area contributed by atoms with Gasteiger partial charge in [-0.05, 0) is 30.8 Å². The first-order chi connectivity index (χ1) is 11.5. The van der Waals surface area contributed by atoms with Crippen molar-refractivity contribution in [3.8, 4) is 0 Å². The van der Waals surface area contributed by atoms with Crippen molar-refractivity contribution < 1.29 is 14.7 Å². The van der Waals surface area contributed by atoms with Crippen molar-refractivity contribution in [3.63, 3.8) is 0 Å². The second kappa shape index (κ2) is 8.80. The quantitative estimate of drug-likeness (QED) is 0.816. The van der Waals surface area contributed by atoms with Crippen LogP contribution in [0.3, 0.4) is 0 Å². The van der Waals surface area contributed by atoms with E-state index in [-0.39, 0.29) is 5.91 Å². The molecule has 6 heteroatoms. The molecule has 0 atom stereocenters. The zero-order chi connectivity index (χ0) is 17.5. The summed E-state index contributed by atoms with van der Waals surface area (Å²) in [5, 5.41) is 9.06. The summed E-state index contributed by atoms with van der Waals surface area (Å²) in [6.45, 7) is 10.2. The molecule has 2 rings (SSSR count). The third-order valence-corrected chi connectivity index (χ3v) is 4.56. The summed E-state index contributed by atoms with van der Waals surface area (Å²) in [6, 6.07) is 7.06. The molecular formula is C18H27N3O3. The third-order valence-electron chi connectivity index (χ3n) is 4.56. The number of aromatic carboxylic acids is 1. The summed E-state index contributed by atoms with van der Waals surface area (Å²) in [5.41, 5.74) is 1.32. The Labute approximate surface area is 143 Å². The van der Waals surface area contributed by atoms with Crippen LogP contribution in [0.2, 0.25) is 0 Å². The van der Waals surface area contributed by atoms with E-state index in [4.69, 9.17) is 5.11 Å². The Morgan fingerprint density at radius 3 is 2.38 bits per heavy atom. The van der Waals surface area contributed by atoms with Crippen molar-refractivity contribution >= 4 is 11.9 Å². The van der Waals surface area contributed by atoms with E-state index >= 15 is 0 Å². The van der Waals surface area contributed by atoms with E-state index in [2.05, 4.69) is 23.6 Å². The van der Waals surface area contributed by atoms with Crippen LogP contribution >= 0.6 is 0 Å². The van der Waals surface area contributed by atoms with E-state index in [1.807, 2.05) is 11.0 Å². The molecular weight excluding hydrogens is 306 g/mol. The lowest BCUT2D eigenvalue weighted by Crippen LogP contribution is -2.50. The van der Waals surface area contributed by atoms with Gasteiger partial charge in [-0.15, -0.1) is 0 Å². The maximum Gasteiger partial charge on any atom is 0.335 e. The number of carbonyl (C=O) groups excluding carboxylic acids is 1. The van der Waals surface area contributed by atoms with E-state index in [0.717, 1.165) is 51.4 Å². The number of nitrogens with zero attached hydrogens (tertiary/aromatic N) is 3. The maximum atomic E-state index is 12.3. The van der Waals surface area contributed by atoms with Crippen LogP contribution in [0.4, 0.5) is 0 Å². The maximum absolute atomic E-state index is 12.3. The van der Waals surface area contributed by atoms with Gasteiger partial charge in [-0.25, -0.2) is 4.79 Å². The Balaban J connectivity index is 1.83. The molecule has 0 radical (unpaired) electrons. The van der Waals surface area contributed by atoms with Crippen LogP contribution in [0.5, 0.6) is 0 Å². The van der Waals surface area contributed by atoms with Gasteiger partial charge in [-0.2, -0.15) is 0 Å². The highest BCUT2D eigenvalue weighted by molar-refractivity contribution is 5.87. The monoisotopic (exact) mass is 333 g/mol. The van der Waals surface area contributed by atoms with Gasteiger partial charge in [-0.1, -0.05) is 26.0 Å². The van der Waals surface area contributed by atoms with Gasteiger partial charge in [0.1, 0.15) is 0 Å². The van der Waals surface area contributed by atoms with E-state index < -0.39 is 5.97 Å². The van der Waals surface area contributed by atoms with Crippen LogP contribution < -0.4 is 0 Å². The fourth-order valence-corrected chi connectivity index (χ4v) is 2.95. The van der Waals surface area contributed by atoms with Gasteiger partial charge < -0.3 is 10.0 Å². The van der Waals surface area contributed by atoms with Crippen molar-refractivity contribution in [1.29, 1.82) is 0 Å². The zero-order valence-electron chi connectivity index (χ0n) is 14.6. The summed E-state index contributed by atoms with van der Waals surface area (Å²) >= 11 is 0. The number of carboxylic acid groups (broad SMARTS) is 1. The van der Waals surface area contributed by atoms with E-state index in [9.17, 15) is 9.59 Å². The van der Waals surface area contributed by atoms with Gasteiger partial charge in [0, 0.05) is 32.7 Å². The molecule has 1 aliphatic heterocycles. The molecule has 0 spiro atoms. The third kappa shape index (κ3) is 5.04. The minimum absolute atomic E-state index is 0.200. The van der Waals surface area contributed by atoms with E-state index in [1.165, 1.54) is 0 Å². The van der Waals surface area contributed by atoms with Crippen molar-refractivity contribution in [2.75, 3.05) is 45.8 Å². The molecule has 0 aliphatic carbocycles. The lowest BCUT2D eigenvalue weighted by Gasteiger charge is -2.35. The summed E-state index contributed by atoms with van der Waals surface area (Å²) in [7, 11) is 0. The Morgan fingerprint density at radius 1 is 1.12 bits per heavy atom. The highest BCUT2D eigenvalue weighted by Gasteiger charge is 2.22. The Morgan fingerprint density at radius 2 is 1.79 bits per heavy atom. The Bertz CT molecular complexity index is 564. The van der Waals surface area contributed by atoms with Gasteiger partial charge in [0.25, 0.3) is 0 Å². The van der Waals surface area contributed by atoms with E-state index in [1.54, 1.807) is 18.2 Å². The number of carbonyl (C=O) groups is 2. The number of amides is 1. The second-order valence-electron chi connectivity index (χ2n) is 6.12. The van der Waals surface area contributed by atoms with Crippen LogP contribution in [0.25, 0.3) is 0 Å². The topological polar surface area (TPSA) is 64.1 Å². The average molecular weight is 333 g/mol. The minimum Gasteiger partial charge on any atom is -0.478 e. The van der Waals surface area contributed by atoms with Gasteiger partial charge in [0.2, 0.25) is 5.91 Å². The molecule has 0 saturated carbocycles. The number of carboxylic acids is 1. The molecule has 1 saturated heterocycles. The lowest BCUT2D eigenvalue weighted by molar-refractivity contribution is -0.134. The predicted octanol–water partition coefficient (Wildman–Crippen LogP) is 1.37. The number of rotatable bonds is 7. The highest BCUT2D eigenvalue weighted by Crippen LogP contribution is 2.11. The van der Waals surface area contributed by atoms with Crippen LogP contribution in [0.1, 0.15) is 29.8 Å². The SMILES string of the molecule is CCN(CC)CC(=O)N1CCN(Cc2cccc(C(=O)O)c2)CC1. The molecule has 24 heavy (non-hydrogen) atoms. The van der Waals surface area contributed by atoms with Gasteiger partial charge in [0.05, 0.1) is 12.1 Å². The molecule has 132 valence electrons. The molecule has 1 N–H and O–H groups in total. The fraction of sp³-hybridized carbons (Fsp3) is 0.556. The van der Waals surface area contributed by atoms with Crippen LogP contribution in [0.15, 0.2) is 24.3 Å². The summed E-state index contributed by atoms with van der Waals surface area (Å²) < 4.78 is 0. The molecule has 1 heterocycles. The van der Waals surface area contributed by atoms with Crippen LogP contribution in [-0.2, 0) is 11.3 Å².